The molecule has 0 spiro atoms. The first-order chi connectivity index (χ1) is 9.00. The van der Waals surface area contributed by atoms with Crippen LogP contribution in [0.2, 0.25) is 0 Å². The Bertz CT molecular complexity index is 449. The number of hydrogen-bond donors (Lipinski definition) is 0. The summed E-state index contributed by atoms with van der Waals surface area (Å²) in [5.74, 6) is 0. The van der Waals surface area contributed by atoms with Crippen molar-refractivity contribution in [3.05, 3.63) is 0 Å². The molecule has 0 aliphatic carbocycles. The van der Waals surface area contributed by atoms with Crippen molar-refractivity contribution in [1.29, 1.82) is 0 Å². The van der Waals surface area contributed by atoms with Crippen LogP contribution in [-0.4, -0.2) is 126 Å². The summed E-state index contributed by atoms with van der Waals surface area (Å²) in [6.45, 7) is 0. The Kier molecular flexibility index (Phi) is 15.6. The predicted octanol–water partition coefficient (Wildman–Crippen LogP) is -2.26. The van der Waals surface area contributed by atoms with Crippen LogP contribution in [0.5, 0.6) is 0 Å². The topological polar surface area (TPSA) is 0 Å². The van der Waals surface area contributed by atoms with Gasteiger partial charge in [0.05, 0.1) is 0 Å². The minimum atomic E-state index is -0.409. The van der Waals surface area contributed by atoms with Crippen LogP contribution in [0.15, 0.2) is 0 Å². The SMILES string of the molecule is C1#C[Te]C#C[Te]C#C[Te]C#C[Te]C#C[Te]C#C[Te]1. The van der Waals surface area contributed by atoms with Gasteiger partial charge in [0.1, 0.15) is 0 Å². The zero-order chi connectivity index (χ0) is 12.7. The molecule has 0 atom stereocenters. The fourth-order valence-corrected chi connectivity index (χ4v) is 12.3. The van der Waals surface area contributed by atoms with E-state index < -0.39 is 126 Å². The molecule has 0 bridgehead atoms. The van der Waals surface area contributed by atoms with Gasteiger partial charge in [-0.3, -0.25) is 0 Å². The molecule has 0 unspecified atom stereocenters. The molecule has 0 N–H and O–H groups in total. The van der Waals surface area contributed by atoms with E-state index >= 15 is 0 Å². The Morgan fingerprint density at radius 3 is 0.444 bits per heavy atom. The first-order valence-electron chi connectivity index (χ1n) is 3.95. The molecule has 0 aromatic rings. The van der Waals surface area contributed by atoms with Crippen LogP contribution in [0.3, 0.4) is 0 Å². The molecule has 1 aliphatic rings. The van der Waals surface area contributed by atoms with Crippen LogP contribution >= 0.6 is 0 Å². The molecule has 0 saturated heterocycles. The van der Waals surface area contributed by atoms with Gasteiger partial charge < -0.3 is 0 Å². The van der Waals surface area contributed by atoms with E-state index in [0.717, 1.165) is 0 Å². The molecule has 84 valence electrons. The Hall–Kier alpha value is 2.10. The molecule has 1 heterocycles. The Morgan fingerprint density at radius 2 is 0.333 bits per heavy atom. The van der Waals surface area contributed by atoms with E-state index in [0.29, 0.717) is 0 Å². The van der Waals surface area contributed by atoms with Crippen LogP contribution in [-0.2, 0) is 0 Å². The van der Waals surface area contributed by atoms with Gasteiger partial charge in [-0.1, -0.05) is 0 Å². The monoisotopic (exact) mass is 923 g/mol. The Labute approximate surface area is 169 Å². The molecular formula is C12Te6. The van der Waals surface area contributed by atoms with Gasteiger partial charge in [-0.25, -0.2) is 0 Å². The van der Waals surface area contributed by atoms with Crippen molar-refractivity contribution in [1.82, 2.24) is 0 Å². The maximum atomic E-state index is 3.19. The summed E-state index contributed by atoms with van der Waals surface area (Å²) in [5, 5.41) is 0. The molecule has 0 aromatic heterocycles. The quantitative estimate of drug-likeness (QED) is 0.191. The molecule has 1 rings (SSSR count). The first kappa shape index (κ1) is 18.1. The van der Waals surface area contributed by atoms with E-state index in [-0.39, 0.29) is 0 Å². The standard InChI is InChI=1S/C12Te6/c1-2-14-5-6-16-9-10-18-12-11-17-8-7-15-4-3-13-1. The average Bonchev–Trinajstić information content (AvgIpc) is 2.39. The fraction of sp³-hybridized carbons (Fsp3) is 0. The molecule has 1 aliphatic heterocycles. The van der Waals surface area contributed by atoms with Crippen LogP contribution < -0.4 is 0 Å². The summed E-state index contributed by atoms with van der Waals surface area (Å²) < 4.78 is 38.3. The van der Waals surface area contributed by atoms with Gasteiger partial charge >= 0.3 is 173 Å². The molecule has 0 fully saturated rings. The van der Waals surface area contributed by atoms with E-state index in [1.807, 2.05) is 0 Å². The summed E-state index contributed by atoms with van der Waals surface area (Å²) >= 11 is -2.45. The molecule has 18 heavy (non-hydrogen) atoms. The normalized spacial score (nSPS) is 13.3. The summed E-state index contributed by atoms with van der Waals surface area (Å²) in [6, 6.07) is 0. The zero-order valence-corrected chi connectivity index (χ0v) is 22.4. The molecule has 0 saturated carbocycles. The van der Waals surface area contributed by atoms with Gasteiger partial charge in [0, 0.05) is 0 Å². The summed E-state index contributed by atoms with van der Waals surface area (Å²) in [6.07, 6.45) is 0. The molecule has 0 nitrogen and oxygen atoms in total. The van der Waals surface area contributed by atoms with Crippen molar-refractivity contribution in [2.24, 2.45) is 0 Å². The van der Waals surface area contributed by atoms with E-state index in [4.69, 9.17) is 0 Å². The van der Waals surface area contributed by atoms with Crippen molar-refractivity contribution >= 4 is 126 Å². The Balaban J connectivity index is 2.57. The third-order valence-corrected chi connectivity index (χ3v) is 15.4. The van der Waals surface area contributed by atoms with Gasteiger partial charge in [-0.2, -0.15) is 0 Å². The van der Waals surface area contributed by atoms with Crippen LogP contribution in [0.4, 0.5) is 0 Å². The van der Waals surface area contributed by atoms with E-state index in [1.54, 1.807) is 0 Å². The van der Waals surface area contributed by atoms with Gasteiger partial charge in [0.15, 0.2) is 0 Å². The third-order valence-electron chi connectivity index (χ3n) is 0.862. The van der Waals surface area contributed by atoms with Gasteiger partial charge in [0.2, 0.25) is 0 Å². The molecule has 0 aromatic carbocycles. The van der Waals surface area contributed by atoms with Crippen molar-refractivity contribution < 1.29 is 0 Å². The van der Waals surface area contributed by atoms with Gasteiger partial charge in [0.25, 0.3) is 0 Å². The fourth-order valence-electron chi connectivity index (χ4n) is 0.403. The maximum absolute atomic E-state index is 3.19. The van der Waals surface area contributed by atoms with Crippen LogP contribution in [0.25, 0.3) is 0 Å². The van der Waals surface area contributed by atoms with Crippen molar-refractivity contribution in [3.63, 3.8) is 0 Å². The van der Waals surface area contributed by atoms with Crippen LogP contribution in [0.1, 0.15) is 0 Å². The minimum absolute atomic E-state index is 0.409. The summed E-state index contributed by atoms with van der Waals surface area (Å²) in [4.78, 5) is 0. The number of rotatable bonds is 0. The van der Waals surface area contributed by atoms with E-state index in [9.17, 15) is 0 Å². The third kappa shape index (κ3) is 13.1. The van der Waals surface area contributed by atoms with E-state index in [1.165, 1.54) is 0 Å². The second-order valence-corrected chi connectivity index (χ2v) is 12.3. The first-order valence-corrected chi connectivity index (χ1v) is 17.9. The molecular weight excluding hydrogens is 910 g/mol. The Morgan fingerprint density at radius 1 is 0.222 bits per heavy atom. The van der Waals surface area contributed by atoms with Crippen molar-refractivity contribution in [3.8, 4) is 47.6 Å². The molecule has 6 heteroatoms. The predicted molar refractivity (Wildman–Crippen MR) is 81.2 cm³/mol. The zero-order valence-electron chi connectivity index (χ0n) is 8.45. The summed E-state index contributed by atoms with van der Waals surface area (Å²) in [5.41, 5.74) is 0. The average molecular weight is 910 g/mol. The second kappa shape index (κ2) is 15.5. The van der Waals surface area contributed by atoms with Crippen LogP contribution in [0, 0.1) is 47.6 Å². The van der Waals surface area contributed by atoms with Gasteiger partial charge in [-0.15, -0.1) is 0 Å². The number of hydrogen-bond acceptors (Lipinski definition) is 0. The van der Waals surface area contributed by atoms with Crippen molar-refractivity contribution in [2.75, 3.05) is 0 Å². The van der Waals surface area contributed by atoms with E-state index in [2.05, 4.69) is 47.6 Å². The molecule has 0 radical (unpaired) electrons. The van der Waals surface area contributed by atoms with Gasteiger partial charge in [-0.05, 0) is 0 Å². The molecule has 0 amide bonds. The van der Waals surface area contributed by atoms with Crippen molar-refractivity contribution in [2.45, 2.75) is 0 Å². The summed E-state index contributed by atoms with van der Waals surface area (Å²) in [7, 11) is 0. The second-order valence-electron chi connectivity index (χ2n) is 1.84.